The average molecular weight is 550 g/mol. The first-order valence-corrected chi connectivity index (χ1v) is 13.4. The van der Waals surface area contributed by atoms with Gasteiger partial charge in [-0.3, -0.25) is 14.4 Å². The van der Waals surface area contributed by atoms with E-state index >= 15 is 0 Å². The molecule has 1 amide bonds. The number of hydrogen-bond donors (Lipinski definition) is 0. The molecule has 1 aromatic heterocycles. The number of amides is 1. The minimum Gasteiger partial charge on any atom is -0.462 e. The maximum Gasteiger partial charge on any atom is 0.353 e. The van der Waals surface area contributed by atoms with Crippen LogP contribution in [0, 0.1) is 5.92 Å². The van der Waals surface area contributed by atoms with Gasteiger partial charge in [-0.25, -0.2) is 9.59 Å². The van der Waals surface area contributed by atoms with E-state index in [1.165, 1.54) is 40.5 Å². The summed E-state index contributed by atoms with van der Waals surface area (Å²) in [6.07, 6.45) is 1.66. The van der Waals surface area contributed by atoms with Gasteiger partial charge in [-0.2, -0.15) is 0 Å². The number of rotatable bonds is 11. The van der Waals surface area contributed by atoms with Gasteiger partial charge in [0, 0.05) is 24.2 Å². The van der Waals surface area contributed by atoms with Crippen LogP contribution in [0.15, 0.2) is 66.0 Å². The molecule has 2 heterocycles. The number of ketones is 1. The smallest absolute Gasteiger partial charge is 0.353 e. The second-order valence-corrected chi connectivity index (χ2v) is 9.81. The van der Waals surface area contributed by atoms with Crippen LogP contribution in [0.1, 0.15) is 56.6 Å². The standard InChI is InChI=1S/C29H27NO8S/c1-2-3-14-36-27(33)20-6-10-22(11-7-20)30-17-21(16-26(30)32)28(34)37-18-24(31)19-8-12-23(13-9-19)38-29(35)25-5-4-15-39-25/h4-13,15,21H,2-3,14,16-18H2,1H3/t21-/m0/s1. The normalized spacial score (nSPS) is 14.6. The highest BCUT2D eigenvalue weighted by molar-refractivity contribution is 7.12. The lowest BCUT2D eigenvalue weighted by Crippen LogP contribution is -2.27. The fourth-order valence-electron chi connectivity index (χ4n) is 3.88. The minimum absolute atomic E-state index is 0.0435. The number of carbonyl (C=O) groups excluding carboxylic acids is 5. The Labute approximate surface area is 229 Å². The van der Waals surface area contributed by atoms with Crippen molar-refractivity contribution in [2.45, 2.75) is 26.2 Å². The number of unbranched alkanes of at least 4 members (excludes halogenated alkanes) is 1. The van der Waals surface area contributed by atoms with E-state index in [2.05, 4.69) is 0 Å². The highest BCUT2D eigenvalue weighted by Crippen LogP contribution is 2.26. The summed E-state index contributed by atoms with van der Waals surface area (Å²) in [4.78, 5) is 63.7. The van der Waals surface area contributed by atoms with E-state index in [-0.39, 0.29) is 30.2 Å². The topological polar surface area (TPSA) is 116 Å². The Balaban J connectivity index is 1.26. The van der Waals surface area contributed by atoms with Crippen molar-refractivity contribution >= 4 is 46.6 Å². The van der Waals surface area contributed by atoms with Crippen molar-refractivity contribution in [1.29, 1.82) is 0 Å². The number of carbonyl (C=O) groups is 5. The zero-order chi connectivity index (χ0) is 27.8. The summed E-state index contributed by atoms with van der Waals surface area (Å²) >= 11 is 1.26. The maximum absolute atomic E-state index is 12.6. The number of hydrogen-bond acceptors (Lipinski definition) is 9. The van der Waals surface area contributed by atoms with Crippen LogP contribution in [0.5, 0.6) is 5.75 Å². The highest BCUT2D eigenvalue weighted by Gasteiger charge is 2.36. The third-order valence-corrected chi connectivity index (χ3v) is 6.91. The third-order valence-electron chi connectivity index (χ3n) is 6.06. The molecule has 0 radical (unpaired) electrons. The first kappa shape index (κ1) is 27.7. The number of nitrogens with zero attached hydrogens (tertiary/aromatic N) is 1. The Morgan fingerprint density at radius 3 is 2.31 bits per heavy atom. The summed E-state index contributed by atoms with van der Waals surface area (Å²) in [5.41, 5.74) is 1.22. The number of ether oxygens (including phenoxy) is 3. The zero-order valence-electron chi connectivity index (χ0n) is 21.3. The first-order chi connectivity index (χ1) is 18.9. The molecule has 0 saturated carbocycles. The van der Waals surface area contributed by atoms with Crippen LogP contribution in [0.25, 0.3) is 0 Å². The summed E-state index contributed by atoms with van der Waals surface area (Å²) in [5.74, 6) is -2.68. The molecule has 3 aromatic rings. The van der Waals surface area contributed by atoms with E-state index in [4.69, 9.17) is 14.2 Å². The largest absolute Gasteiger partial charge is 0.462 e. The first-order valence-electron chi connectivity index (χ1n) is 12.5. The van der Waals surface area contributed by atoms with Crippen LogP contribution in [-0.4, -0.2) is 49.4 Å². The molecule has 9 nitrogen and oxygen atoms in total. The van der Waals surface area contributed by atoms with Gasteiger partial charge in [0.2, 0.25) is 5.91 Å². The molecule has 0 bridgehead atoms. The summed E-state index contributed by atoms with van der Waals surface area (Å²) < 4.78 is 15.7. The van der Waals surface area contributed by atoms with E-state index in [9.17, 15) is 24.0 Å². The van der Waals surface area contributed by atoms with Crippen LogP contribution in [0.3, 0.4) is 0 Å². The molecule has 0 aliphatic carbocycles. The molecular weight excluding hydrogens is 522 g/mol. The van der Waals surface area contributed by atoms with Gasteiger partial charge < -0.3 is 19.1 Å². The van der Waals surface area contributed by atoms with Gasteiger partial charge >= 0.3 is 17.9 Å². The minimum atomic E-state index is -0.719. The molecule has 39 heavy (non-hydrogen) atoms. The molecule has 1 atom stereocenters. The summed E-state index contributed by atoms with van der Waals surface area (Å²) in [6, 6.07) is 15.8. The second-order valence-electron chi connectivity index (χ2n) is 8.86. The van der Waals surface area contributed by atoms with E-state index < -0.39 is 36.2 Å². The van der Waals surface area contributed by atoms with E-state index in [0.717, 1.165) is 12.8 Å². The fraction of sp³-hybridized carbons (Fsp3) is 0.276. The monoisotopic (exact) mass is 549 g/mol. The molecule has 202 valence electrons. The van der Waals surface area contributed by atoms with Gasteiger partial charge in [-0.1, -0.05) is 19.4 Å². The summed E-state index contributed by atoms with van der Waals surface area (Å²) in [5, 5.41) is 1.77. The molecule has 1 aliphatic rings. The van der Waals surface area contributed by atoms with Gasteiger partial charge in [0.05, 0.1) is 18.1 Å². The zero-order valence-corrected chi connectivity index (χ0v) is 22.1. The Bertz CT molecular complexity index is 1330. The fourth-order valence-corrected chi connectivity index (χ4v) is 4.48. The highest BCUT2D eigenvalue weighted by atomic mass is 32.1. The van der Waals surface area contributed by atoms with Gasteiger partial charge in [-0.15, -0.1) is 11.3 Å². The number of anilines is 1. The lowest BCUT2D eigenvalue weighted by atomic mass is 10.1. The Morgan fingerprint density at radius 2 is 1.64 bits per heavy atom. The Hall–Kier alpha value is -4.31. The van der Waals surface area contributed by atoms with Crippen LogP contribution in [0.2, 0.25) is 0 Å². The molecule has 0 N–H and O–H groups in total. The number of thiophene rings is 1. The quantitative estimate of drug-likeness (QED) is 0.146. The lowest BCUT2D eigenvalue weighted by Gasteiger charge is -2.17. The lowest BCUT2D eigenvalue weighted by molar-refractivity contribution is -0.147. The van der Waals surface area contributed by atoms with Crippen LogP contribution in [0.4, 0.5) is 5.69 Å². The third kappa shape index (κ3) is 7.17. The molecule has 1 aliphatic heterocycles. The van der Waals surface area contributed by atoms with E-state index in [1.54, 1.807) is 41.8 Å². The maximum atomic E-state index is 12.6. The number of esters is 3. The van der Waals surface area contributed by atoms with Gasteiger partial charge in [0.25, 0.3) is 0 Å². The van der Waals surface area contributed by atoms with Crippen molar-refractivity contribution in [2.75, 3.05) is 24.7 Å². The summed E-state index contributed by atoms with van der Waals surface area (Å²) in [7, 11) is 0. The van der Waals surface area contributed by atoms with Crippen LogP contribution < -0.4 is 9.64 Å². The van der Waals surface area contributed by atoms with Crippen molar-refractivity contribution in [1.82, 2.24) is 0 Å². The van der Waals surface area contributed by atoms with Crippen LogP contribution in [-0.2, 0) is 19.1 Å². The molecule has 0 spiro atoms. The molecule has 1 fully saturated rings. The Morgan fingerprint density at radius 1 is 0.923 bits per heavy atom. The summed E-state index contributed by atoms with van der Waals surface area (Å²) in [6.45, 7) is 1.98. The molecule has 0 unspecified atom stereocenters. The molecule has 4 rings (SSSR count). The van der Waals surface area contributed by atoms with Crippen molar-refractivity contribution in [3.63, 3.8) is 0 Å². The van der Waals surface area contributed by atoms with E-state index in [0.29, 0.717) is 22.7 Å². The van der Waals surface area contributed by atoms with E-state index in [1.807, 2.05) is 6.92 Å². The van der Waals surface area contributed by atoms with Crippen LogP contribution >= 0.6 is 11.3 Å². The SMILES string of the molecule is CCCCOC(=O)c1ccc(N2C[C@@H](C(=O)OCC(=O)c3ccc(OC(=O)c4cccs4)cc3)CC2=O)cc1. The van der Waals surface area contributed by atoms with Crippen molar-refractivity contribution in [3.8, 4) is 5.75 Å². The van der Waals surface area contributed by atoms with Gasteiger partial charge in [0.15, 0.2) is 12.4 Å². The van der Waals surface area contributed by atoms with Gasteiger partial charge in [-0.05, 0) is 66.4 Å². The molecule has 10 heteroatoms. The predicted molar refractivity (Wildman–Crippen MR) is 143 cm³/mol. The molecule has 1 saturated heterocycles. The number of benzene rings is 2. The molecular formula is C29H27NO8S. The second kappa shape index (κ2) is 13.0. The number of Topliss-reactive ketones (excluding diaryl/α,β-unsaturated/α-hetero) is 1. The average Bonchev–Trinajstić information content (AvgIpc) is 3.63. The predicted octanol–water partition coefficient (Wildman–Crippen LogP) is 4.70. The molecule has 2 aromatic carbocycles. The Kier molecular flexibility index (Phi) is 9.22. The van der Waals surface area contributed by atoms with Crippen molar-refractivity contribution in [3.05, 3.63) is 82.0 Å². The van der Waals surface area contributed by atoms with Crippen molar-refractivity contribution in [2.24, 2.45) is 5.92 Å². The van der Waals surface area contributed by atoms with Crippen molar-refractivity contribution < 1.29 is 38.2 Å². The van der Waals surface area contributed by atoms with Gasteiger partial charge in [0.1, 0.15) is 10.6 Å².